The zero-order valence-electron chi connectivity index (χ0n) is 12.8. The molecule has 0 amide bonds. The monoisotopic (exact) mass is 300 g/mol. The maximum atomic E-state index is 12.7. The first-order valence-electron chi connectivity index (χ1n) is 7.47. The zero-order valence-corrected chi connectivity index (χ0v) is 12.8. The van der Waals surface area contributed by atoms with Crippen LogP contribution in [0.3, 0.4) is 0 Å². The van der Waals surface area contributed by atoms with Gasteiger partial charge in [-0.15, -0.1) is 0 Å². The quantitative estimate of drug-likeness (QED) is 0.667. The van der Waals surface area contributed by atoms with E-state index in [-0.39, 0.29) is 11.6 Å². The molecule has 0 bridgehead atoms. The number of carbonyl (C=O) groups excluding carboxylic acids is 2. The summed E-state index contributed by atoms with van der Waals surface area (Å²) in [5.41, 5.74) is 3.21. The minimum absolute atomic E-state index is 0.0641. The Morgan fingerprint density at radius 2 is 1.13 bits per heavy atom. The van der Waals surface area contributed by atoms with Crippen molar-refractivity contribution in [3.05, 3.63) is 107 Å². The Kier molecular flexibility index (Phi) is 4.15. The SMILES string of the molecule is Cc1ccc(C(=O)c2ccccc2)cc1C(=O)c1ccccc1. The van der Waals surface area contributed by atoms with Gasteiger partial charge in [-0.05, 0) is 18.6 Å². The van der Waals surface area contributed by atoms with Crippen molar-refractivity contribution in [3.63, 3.8) is 0 Å². The molecule has 2 heteroatoms. The number of hydrogen-bond acceptors (Lipinski definition) is 2. The van der Waals surface area contributed by atoms with Crippen LogP contribution in [-0.2, 0) is 0 Å². The van der Waals surface area contributed by atoms with Crippen LogP contribution >= 0.6 is 0 Å². The fourth-order valence-corrected chi connectivity index (χ4v) is 2.51. The molecule has 0 atom stereocenters. The second kappa shape index (κ2) is 6.41. The van der Waals surface area contributed by atoms with Gasteiger partial charge in [-0.25, -0.2) is 0 Å². The molecule has 3 aromatic rings. The highest BCUT2D eigenvalue weighted by Crippen LogP contribution is 2.18. The van der Waals surface area contributed by atoms with Gasteiger partial charge < -0.3 is 0 Å². The molecule has 0 fully saturated rings. The van der Waals surface area contributed by atoms with E-state index < -0.39 is 0 Å². The molecule has 0 heterocycles. The second-order valence-corrected chi connectivity index (χ2v) is 5.42. The Hall–Kier alpha value is -3.00. The Labute approximate surface area is 135 Å². The lowest BCUT2D eigenvalue weighted by Crippen LogP contribution is -2.07. The Balaban J connectivity index is 2.00. The van der Waals surface area contributed by atoms with Crippen LogP contribution in [0.5, 0.6) is 0 Å². The van der Waals surface area contributed by atoms with Crippen molar-refractivity contribution in [1.82, 2.24) is 0 Å². The van der Waals surface area contributed by atoms with Gasteiger partial charge in [0.1, 0.15) is 0 Å². The fraction of sp³-hybridized carbons (Fsp3) is 0.0476. The molecule has 0 saturated heterocycles. The molecule has 3 rings (SSSR count). The molecule has 112 valence electrons. The Bertz CT molecular complexity index is 850. The van der Waals surface area contributed by atoms with Crippen LogP contribution in [-0.4, -0.2) is 11.6 Å². The van der Waals surface area contributed by atoms with Crippen LogP contribution in [0.4, 0.5) is 0 Å². The number of hydrogen-bond donors (Lipinski definition) is 0. The second-order valence-electron chi connectivity index (χ2n) is 5.42. The molecule has 0 saturated carbocycles. The lowest BCUT2D eigenvalue weighted by Gasteiger charge is -2.08. The molecule has 0 unspecified atom stereocenters. The van der Waals surface area contributed by atoms with Crippen molar-refractivity contribution in [3.8, 4) is 0 Å². The van der Waals surface area contributed by atoms with Gasteiger partial charge in [0.05, 0.1) is 0 Å². The van der Waals surface area contributed by atoms with Gasteiger partial charge >= 0.3 is 0 Å². The minimum Gasteiger partial charge on any atom is -0.289 e. The van der Waals surface area contributed by atoms with E-state index in [9.17, 15) is 9.59 Å². The van der Waals surface area contributed by atoms with Crippen molar-refractivity contribution in [1.29, 1.82) is 0 Å². The van der Waals surface area contributed by atoms with Gasteiger partial charge in [-0.3, -0.25) is 9.59 Å². The lowest BCUT2D eigenvalue weighted by molar-refractivity contribution is 0.103. The Morgan fingerprint density at radius 3 is 1.70 bits per heavy atom. The standard InChI is InChI=1S/C21H16O2/c1-15-12-13-18(20(22)16-8-4-2-5-9-16)14-19(15)21(23)17-10-6-3-7-11-17/h2-14H,1H3. The third kappa shape index (κ3) is 3.11. The molecule has 0 aliphatic rings. The molecular weight excluding hydrogens is 284 g/mol. The van der Waals surface area contributed by atoms with E-state index in [2.05, 4.69) is 0 Å². The van der Waals surface area contributed by atoms with E-state index >= 15 is 0 Å². The summed E-state index contributed by atoms with van der Waals surface area (Å²) in [6.45, 7) is 1.88. The summed E-state index contributed by atoms with van der Waals surface area (Å²) in [7, 11) is 0. The average Bonchev–Trinajstić information content (AvgIpc) is 2.62. The molecule has 3 aromatic carbocycles. The lowest BCUT2D eigenvalue weighted by atomic mass is 9.94. The molecule has 0 N–H and O–H groups in total. The minimum atomic E-state index is -0.0762. The zero-order chi connectivity index (χ0) is 16.2. The summed E-state index contributed by atoms with van der Waals surface area (Å²) < 4.78 is 0. The maximum absolute atomic E-state index is 12.7. The third-order valence-electron chi connectivity index (χ3n) is 3.82. The van der Waals surface area contributed by atoms with Gasteiger partial charge in [0.15, 0.2) is 11.6 Å². The van der Waals surface area contributed by atoms with Crippen molar-refractivity contribution in [2.45, 2.75) is 6.92 Å². The summed E-state index contributed by atoms with van der Waals surface area (Å²) in [6.07, 6.45) is 0. The van der Waals surface area contributed by atoms with Crippen LogP contribution in [0.15, 0.2) is 78.9 Å². The third-order valence-corrected chi connectivity index (χ3v) is 3.82. The number of carbonyl (C=O) groups is 2. The summed E-state index contributed by atoms with van der Waals surface area (Å²) in [4.78, 5) is 25.2. The highest BCUT2D eigenvalue weighted by molar-refractivity contribution is 6.13. The normalized spacial score (nSPS) is 10.3. The Morgan fingerprint density at radius 1 is 0.609 bits per heavy atom. The summed E-state index contributed by atoms with van der Waals surface area (Å²) in [5.74, 6) is -0.140. The molecule has 0 radical (unpaired) electrons. The maximum Gasteiger partial charge on any atom is 0.193 e. The summed E-state index contributed by atoms with van der Waals surface area (Å²) >= 11 is 0. The molecule has 0 aromatic heterocycles. The van der Waals surface area contributed by atoms with Crippen LogP contribution in [0, 0.1) is 6.92 Å². The number of ketones is 2. The average molecular weight is 300 g/mol. The van der Waals surface area contributed by atoms with E-state index in [1.807, 2.05) is 49.4 Å². The van der Waals surface area contributed by atoms with Gasteiger partial charge in [0.25, 0.3) is 0 Å². The van der Waals surface area contributed by atoms with Crippen LogP contribution in [0.25, 0.3) is 0 Å². The predicted octanol–water partition coefficient (Wildman–Crippen LogP) is 4.46. The van der Waals surface area contributed by atoms with Gasteiger partial charge in [0.2, 0.25) is 0 Å². The largest absolute Gasteiger partial charge is 0.289 e. The van der Waals surface area contributed by atoms with Crippen LogP contribution < -0.4 is 0 Å². The van der Waals surface area contributed by atoms with Gasteiger partial charge in [-0.2, -0.15) is 0 Å². The first kappa shape index (κ1) is 14.9. The van der Waals surface area contributed by atoms with Gasteiger partial charge in [-0.1, -0.05) is 72.8 Å². The van der Waals surface area contributed by atoms with E-state index in [0.717, 1.165) is 5.56 Å². The molecule has 0 aliphatic carbocycles. The first-order chi connectivity index (χ1) is 11.2. The molecule has 23 heavy (non-hydrogen) atoms. The van der Waals surface area contributed by atoms with Crippen molar-refractivity contribution < 1.29 is 9.59 Å². The molecular formula is C21H16O2. The van der Waals surface area contributed by atoms with E-state index in [4.69, 9.17) is 0 Å². The number of benzene rings is 3. The summed E-state index contributed by atoms with van der Waals surface area (Å²) in [5, 5.41) is 0. The van der Waals surface area contributed by atoms with E-state index in [0.29, 0.717) is 22.3 Å². The van der Waals surface area contributed by atoms with Crippen LogP contribution in [0.1, 0.15) is 37.4 Å². The fourth-order valence-electron chi connectivity index (χ4n) is 2.51. The molecule has 2 nitrogen and oxygen atoms in total. The van der Waals surface area contributed by atoms with Crippen molar-refractivity contribution >= 4 is 11.6 Å². The molecule has 0 spiro atoms. The van der Waals surface area contributed by atoms with Gasteiger partial charge in [0, 0.05) is 22.3 Å². The summed E-state index contributed by atoms with van der Waals surface area (Å²) in [6, 6.07) is 23.5. The highest BCUT2D eigenvalue weighted by atomic mass is 16.1. The number of rotatable bonds is 4. The number of aryl methyl sites for hydroxylation is 1. The van der Waals surface area contributed by atoms with E-state index in [1.165, 1.54) is 0 Å². The van der Waals surface area contributed by atoms with E-state index in [1.54, 1.807) is 36.4 Å². The van der Waals surface area contributed by atoms with Crippen molar-refractivity contribution in [2.75, 3.05) is 0 Å². The highest BCUT2D eigenvalue weighted by Gasteiger charge is 2.15. The predicted molar refractivity (Wildman–Crippen MR) is 90.9 cm³/mol. The smallest absolute Gasteiger partial charge is 0.193 e. The van der Waals surface area contributed by atoms with Crippen molar-refractivity contribution in [2.24, 2.45) is 0 Å². The molecule has 0 aliphatic heterocycles. The van der Waals surface area contributed by atoms with Crippen LogP contribution in [0.2, 0.25) is 0 Å². The first-order valence-corrected chi connectivity index (χ1v) is 7.47. The topological polar surface area (TPSA) is 34.1 Å².